The third-order valence-electron chi connectivity index (χ3n) is 2.23. The van der Waals surface area contributed by atoms with Gasteiger partial charge < -0.3 is 9.47 Å². The van der Waals surface area contributed by atoms with Crippen LogP contribution in [0.15, 0.2) is 18.2 Å². The average Bonchev–Trinajstić information content (AvgIpc) is 2.34. The third kappa shape index (κ3) is 3.84. The molecule has 0 aliphatic rings. The highest BCUT2D eigenvalue weighted by molar-refractivity contribution is 5.94. The van der Waals surface area contributed by atoms with E-state index in [1.165, 1.54) is 6.92 Å². The van der Waals surface area contributed by atoms with Crippen LogP contribution < -0.4 is 9.47 Å². The largest absolute Gasteiger partial charge is 0.493 e. The van der Waals surface area contributed by atoms with E-state index in [9.17, 15) is 4.79 Å². The second-order valence-electron chi connectivity index (χ2n) is 3.45. The third-order valence-corrected chi connectivity index (χ3v) is 2.23. The standard InChI is InChI=1S/C14H16O3/c1-4-5-6-9-17-13-8-7-12(11(2)15)10-14(13)16-3/h7-8,10H,6,9H2,1-3H3. The van der Waals surface area contributed by atoms with Gasteiger partial charge >= 0.3 is 0 Å². The van der Waals surface area contributed by atoms with E-state index in [-0.39, 0.29) is 5.78 Å². The monoisotopic (exact) mass is 232 g/mol. The smallest absolute Gasteiger partial charge is 0.161 e. The second-order valence-corrected chi connectivity index (χ2v) is 3.45. The summed E-state index contributed by atoms with van der Waals surface area (Å²) in [6.07, 6.45) is 0.675. The number of ether oxygens (including phenoxy) is 2. The zero-order valence-electron chi connectivity index (χ0n) is 10.4. The van der Waals surface area contributed by atoms with Crippen molar-refractivity contribution in [2.45, 2.75) is 20.3 Å². The zero-order valence-corrected chi connectivity index (χ0v) is 10.4. The Morgan fingerprint density at radius 1 is 1.35 bits per heavy atom. The van der Waals surface area contributed by atoms with Crippen LogP contribution in [-0.4, -0.2) is 19.5 Å². The van der Waals surface area contributed by atoms with Gasteiger partial charge in [0, 0.05) is 12.0 Å². The normalized spacial score (nSPS) is 9.12. The van der Waals surface area contributed by atoms with Crippen LogP contribution in [0.4, 0.5) is 0 Å². The lowest BCUT2D eigenvalue weighted by Gasteiger charge is -2.10. The van der Waals surface area contributed by atoms with Crippen molar-refractivity contribution in [3.63, 3.8) is 0 Å². The van der Waals surface area contributed by atoms with E-state index in [2.05, 4.69) is 11.8 Å². The second kappa shape index (κ2) is 6.59. The summed E-state index contributed by atoms with van der Waals surface area (Å²) in [6, 6.07) is 5.16. The van der Waals surface area contributed by atoms with E-state index in [1.807, 2.05) is 0 Å². The molecule has 0 fully saturated rings. The zero-order chi connectivity index (χ0) is 12.7. The Morgan fingerprint density at radius 2 is 2.12 bits per heavy atom. The van der Waals surface area contributed by atoms with Gasteiger partial charge in [-0.25, -0.2) is 0 Å². The van der Waals surface area contributed by atoms with E-state index >= 15 is 0 Å². The fourth-order valence-electron chi connectivity index (χ4n) is 1.34. The Hall–Kier alpha value is -1.95. The Kier molecular flexibility index (Phi) is 5.09. The summed E-state index contributed by atoms with van der Waals surface area (Å²) in [6.45, 7) is 3.82. The average molecular weight is 232 g/mol. The van der Waals surface area contributed by atoms with E-state index in [4.69, 9.17) is 9.47 Å². The number of benzene rings is 1. The minimum Gasteiger partial charge on any atom is -0.493 e. The summed E-state index contributed by atoms with van der Waals surface area (Å²) in [5.41, 5.74) is 0.613. The van der Waals surface area contributed by atoms with E-state index in [0.29, 0.717) is 30.1 Å². The van der Waals surface area contributed by atoms with Crippen molar-refractivity contribution in [3.8, 4) is 23.3 Å². The first-order chi connectivity index (χ1) is 8.19. The van der Waals surface area contributed by atoms with Gasteiger partial charge in [0.15, 0.2) is 17.3 Å². The van der Waals surface area contributed by atoms with E-state index < -0.39 is 0 Å². The number of rotatable bonds is 5. The van der Waals surface area contributed by atoms with Crippen LogP contribution in [0.5, 0.6) is 11.5 Å². The van der Waals surface area contributed by atoms with Crippen molar-refractivity contribution in [3.05, 3.63) is 23.8 Å². The number of carbonyl (C=O) groups is 1. The van der Waals surface area contributed by atoms with Crippen molar-refractivity contribution >= 4 is 5.78 Å². The van der Waals surface area contributed by atoms with Gasteiger partial charge in [0.2, 0.25) is 0 Å². The molecule has 0 atom stereocenters. The molecule has 3 heteroatoms. The summed E-state index contributed by atoms with van der Waals surface area (Å²) >= 11 is 0. The number of Topliss-reactive ketones (excluding diaryl/α,β-unsaturated/α-hetero) is 1. The van der Waals surface area contributed by atoms with E-state index in [0.717, 1.165) is 0 Å². The van der Waals surface area contributed by atoms with Crippen molar-refractivity contribution in [1.82, 2.24) is 0 Å². The molecule has 17 heavy (non-hydrogen) atoms. The predicted molar refractivity (Wildman–Crippen MR) is 66.6 cm³/mol. The molecule has 90 valence electrons. The lowest BCUT2D eigenvalue weighted by molar-refractivity contribution is 0.101. The van der Waals surface area contributed by atoms with Gasteiger partial charge in [0.25, 0.3) is 0 Å². The molecule has 1 rings (SSSR count). The van der Waals surface area contributed by atoms with Crippen molar-refractivity contribution < 1.29 is 14.3 Å². The molecule has 0 bridgehead atoms. The number of methoxy groups -OCH3 is 1. The van der Waals surface area contributed by atoms with Crippen molar-refractivity contribution in [1.29, 1.82) is 0 Å². The Balaban J connectivity index is 2.77. The maximum Gasteiger partial charge on any atom is 0.161 e. The minimum absolute atomic E-state index is 0.00620. The molecular formula is C14H16O3. The van der Waals surface area contributed by atoms with Gasteiger partial charge in [-0.05, 0) is 32.0 Å². The molecule has 0 amide bonds. The molecule has 0 aromatic heterocycles. The van der Waals surface area contributed by atoms with Gasteiger partial charge in [-0.15, -0.1) is 11.8 Å². The summed E-state index contributed by atoms with van der Waals surface area (Å²) in [5, 5.41) is 0. The van der Waals surface area contributed by atoms with Crippen LogP contribution in [-0.2, 0) is 0 Å². The molecule has 0 aliphatic carbocycles. The van der Waals surface area contributed by atoms with Crippen molar-refractivity contribution in [2.75, 3.05) is 13.7 Å². The van der Waals surface area contributed by atoms with Crippen LogP contribution in [0, 0.1) is 11.8 Å². The topological polar surface area (TPSA) is 35.5 Å². The van der Waals surface area contributed by atoms with Crippen molar-refractivity contribution in [2.24, 2.45) is 0 Å². The Morgan fingerprint density at radius 3 is 2.71 bits per heavy atom. The first kappa shape index (κ1) is 13.1. The fourth-order valence-corrected chi connectivity index (χ4v) is 1.34. The molecule has 0 spiro atoms. The summed E-state index contributed by atoms with van der Waals surface area (Å²) in [4.78, 5) is 11.2. The summed E-state index contributed by atoms with van der Waals surface area (Å²) < 4.78 is 10.7. The van der Waals surface area contributed by atoms with Crippen LogP contribution in [0.25, 0.3) is 0 Å². The Bertz CT molecular complexity index is 452. The fraction of sp³-hybridized carbons (Fsp3) is 0.357. The summed E-state index contributed by atoms with van der Waals surface area (Å²) in [5.74, 6) is 6.93. The SMILES string of the molecule is CC#CCCOc1ccc(C(C)=O)cc1OC. The number of hydrogen-bond acceptors (Lipinski definition) is 3. The molecule has 1 aromatic rings. The molecule has 0 unspecified atom stereocenters. The maximum atomic E-state index is 11.2. The molecule has 0 heterocycles. The van der Waals surface area contributed by atoms with Crippen LogP contribution >= 0.6 is 0 Å². The molecule has 3 nitrogen and oxygen atoms in total. The Labute approximate surface area is 102 Å². The first-order valence-electron chi connectivity index (χ1n) is 5.40. The molecule has 0 saturated carbocycles. The van der Waals surface area contributed by atoms with Crippen LogP contribution in [0.1, 0.15) is 30.6 Å². The van der Waals surface area contributed by atoms with Crippen LogP contribution in [0.2, 0.25) is 0 Å². The first-order valence-corrected chi connectivity index (χ1v) is 5.40. The minimum atomic E-state index is 0.00620. The van der Waals surface area contributed by atoms with Gasteiger partial charge in [-0.1, -0.05) is 0 Å². The van der Waals surface area contributed by atoms with Gasteiger partial charge in [0.1, 0.15) is 0 Å². The molecule has 0 N–H and O–H groups in total. The number of ketones is 1. The van der Waals surface area contributed by atoms with Gasteiger partial charge in [-0.2, -0.15) is 0 Å². The quantitative estimate of drug-likeness (QED) is 0.445. The molecule has 0 saturated heterocycles. The summed E-state index contributed by atoms with van der Waals surface area (Å²) in [7, 11) is 1.55. The predicted octanol–water partition coefficient (Wildman–Crippen LogP) is 2.69. The highest BCUT2D eigenvalue weighted by Crippen LogP contribution is 2.28. The van der Waals surface area contributed by atoms with Gasteiger partial charge in [0.05, 0.1) is 13.7 Å². The lowest BCUT2D eigenvalue weighted by Crippen LogP contribution is -2.00. The molecule has 0 aliphatic heterocycles. The van der Waals surface area contributed by atoms with Crippen LogP contribution in [0.3, 0.4) is 0 Å². The maximum absolute atomic E-state index is 11.2. The lowest BCUT2D eigenvalue weighted by atomic mass is 10.1. The number of carbonyl (C=O) groups excluding carboxylic acids is 1. The molecule has 1 aromatic carbocycles. The van der Waals surface area contributed by atoms with E-state index in [1.54, 1.807) is 32.2 Å². The highest BCUT2D eigenvalue weighted by atomic mass is 16.5. The highest BCUT2D eigenvalue weighted by Gasteiger charge is 2.07. The van der Waals surface area contributed by atoms with Gasteiger partial charge in [-0.3, -0.25) is 4.79 Å². The molecule has 0 radical (unpaired) electrons. The molecular weight excluding hydrogens is 216 g/mol. The number of hydrogen-bond donors (Lipinski definition) is 0.